The van der Waals surface area contributed by atoms with Crippen LogP contribution in [0.4, 0.5) is 4.79 Å². The van der Waals surface area contributed by atoms with E-state index < -0.39 is 11.6 Å². The molecule has 2 aromatic rings. The number of rotatable bonds is 4. The molecule has 4 nitrogen and oxygen atoms in total. The lowest BCUT2D eigenvalue weighted by Crippen LogP contribution is -2.29. The van der Waals surface area contributed by atoms with E-state index in [0.717, 1.165) is 27.8 Å². The molecule has 0 atom stereocenters. The molecule has 0 N–H and O–H groups in total. The molecule has 0 aliphatic heterocycles. The first-order chi connectivity index (χ1) is 14.1. The third-order valence-electron chi connectivity index (χ3n) is 5.51. The van der Waals surface area contributed by atoms with E-state index in [0.29, 0.717) is 29.2 Å². The molecule has 3 rings (SSSR count). The van der Waals surface area contributed by atoms with E-state index in [4.69, 9.17) is 21.1 Å². The van der Waals surface area contributed by atoms with Gasteiger partial charge in [0.2, 0.25) is 0 Å². The van der Waals surface area contributed by atoms with Crippen LogP contribution in [0.3, 0.4) is 0 Å². The maximum absolute atomic E-state index is 13.0. The topological polar surface area (TPSA) is 52.6 Å². The first-order valence-electron chi connectivity index (χ1n) is 10.1. The van der Waals surface area contributed by atoms with Gasteiger partial charge < -0.3 is 9.47 Å². The molecule has 0 saturated heterocycles. The van der Waals surface area contributed by atoms with Crippen molar-refractivity contribution in [2.45, 2.75) is 47.5 Å². The monoisotopic (exact) mass is 426 g/mol. The molecule has 0 aromatic heterocycles. The molecule has 0 fully saturated rings. The van der Waals surface area contributed by atoms with Crippen LogP contribution in [-0.2, 0) is 14.3 Å². The third kappa shape index (κ3) is 4.44. The summed E-state index contributed by atoms with van der Waals surface area (Å²) < 4.78 is 10.6. The molecule has 1 aliphatic carbocycles. The average Bonchev–Trinajstić information content (AvgIpc) is 2.67. The lowest BCUT2D eigenvalue weighted by molar-refractivity contribution is -0.115. The predicted molar refractivity (Wildman–Crippen MR) is 119 cm³/mol. The summed E-state index contributed by atoms with van der Waals surface area (Å²) in [6, 6.07) is 11.8. The van der Waals surface area contributed by atoms with Gasteiger partial charge in [0, 0.05) is 16.9 Å². The van der Waals surface area contributed by atoms with Crippen LogP contribution in [0.15, 0.2) is 42.2 Å². The van der Waals surface area contributed by atoms with E-state index >= 15 is 0 Å². The van der Waals surface area contributed by atoms with Crippen molar-refractivity contribution in [2.24, 2.45) is 5.41 Å². The van der Waals surface area contributed by atoms with Crippen LogP contribution < -0.4 is 0 Å². The highest BCUT2D eigenvalue weighted by molar-refractivity contribution is 6.30. The summed E-state index contributed by atoms with van der Waals surface area (Å²) in [6.07, 6.45) is 0.252. The van der Waals surface area contributed by atoms with E-state index in [1.54, 1.807) is 6.92 Å². The Bertz CT molecular complexity index is 993. The highest BCUT2D eigenvalue weighted by Gasteiger charge is 2.39. The molecule has 0 heterocycles. The Kier molecular flexibility index (Phi) is 6.37. The Morgan fingerprint density at radius 1 is 1.07 bits per heavy atom. The number of ether oxygens (including phenoxy) is 2. The van der Waals surface area contributed by atoms with Gasteiger partial charge >= 0.3 is 6.16 Å². The number of aryl methyl sites for hydroxylation is 2. The summed E-state index contributed by atoms with van der Waals surface area (Å²) in [5.41, 5.74) is 4.84. The number of Topliss-reactive ketones (excluding diaryl/α,β-unsaturated/α-hetero) is 1. The van der Waals surface area contributed by atoms with Gasteiger partial charge in [0.1, 0.15) is 5.76 Å². The van der Waals surface area contributed by atoms with Crippen LogP contribution in [0.1, 0.15) is 50.3 Å². The standard InChI is InChI=1S/C25H27ClO4/c1-6-29-24(28)30-23-22(20(27)11-12-25(23,4)5)21-15(2)13-18(14-16(21)3)17-7-9-19(26)10-8-17/h7-10,13-14H,6,11-12H2,1-5H3. The molecule has 0 unspecified atom stereocenters. The van der Waals surface area contributed by atoms with Crippen LogP contribution in [0.2, 0.25) is 5.02 Å². The maximum Gasteiger partial charge on any atom is 0.513 e. The van der Waals surface area contributed by atoms with Crippen molar-refractivity contribution in [1.29, 1.82) is 0 Å². The third-order valence-corrected chi connectivity index (χ3v) is 5.76. The highest BCUT2D eigenvalue weighted by atomic mass is 35.5. The number of hydrogen-bond donors (Lipinski definition) is 0. The zero-order valence-corrected chi connectivity index (χ0v) is 18.9. The van der Waals surface area contributed by atoms with Crippen molar-refractivity contribution < 1.29 is 19.1 Å². The van der Waals surface area contributed by atoms with Crippen LogP contribution in [0.25, 0.3) is 16.7 Å². The number of halogens is 1. The predicted octanol–water partition coefficient (Wildman–Crippen LogP) is 6.90. The molecule has 0 amide bonds. The van der Waals surface area contributed by atoms with Gasteiger partial charge in [0.05, 0.1) is 12.2 Å². The second-order valence-corrected chi connectivity index (χ2v) is 8.72. The number of allylic oxidation sites excluding steroid dienone is 2. The molecule has 0 radical (unpaired) electrons. The Hall–Kier alpha value is -2.59. The van der Waals surface area contributed by atoms with Crippen LogP contribution in [0.5, 0.6) is 0 Å². The molecule has 0 saturated carbocycles. The summed E-state index contributed by atoms with van der Waals surface area (Å²) in [5, 5.41) is 0.685. The lowest BCUT2D eigenvalue weighted by atomic mass is 9.74. The maximum atomic E-state index is 13.0. The van der Waals surface area contributed by atoms with Crippen LogP contribution in [-0.4, -0.2) is 18.5 Å². The van der Waals surface area contributed by atoms with E-state index in [-0.39, 0.29) is 12.4 Å². The van der Waals surface area contributed by atoms with Crippen molar-refractivity contribution in [3.8, 4) is 11.1 Å². The van der Waals surface area contributed by atoms with Gasteiger partial charge in [0.25, 0.3) is 0 Å². The van der Waals surface area contributed by atoms with Gasteiger partial charge in [-0.25, -0.2) is 4.79 Å². The second kappa shape index (κ2) is 8.65. The Balaban J connectivity index is 2.16. The molecule has 5 heteroatoms. The quantitative estimate of drug-likeness (QED) is 0.499. The molecular formula is C25H27ClO4. The van der Waals surface area contributed by atoms with Crippen molar-refractivity contribution >= 4 is 29.1 Å². The number of ketones is 1. The highest BCUT2D eigenvalue weighted by Crippen LogP contribution is 2.45. The molecule has 30 heavy (non-hydrogen) atoms. The first kappa shape index (κ1) is 22.1. The largest absolute Gasteiger partial charge is 0.513 e. The minimum atomic E-state index is -0.777. The first-order valence-corrected chi connectivity index (χ1v) is 10.5. The normalized spacial score (nSPS) is 15.9. The van der Waals surface area contributed by atoms with Crippen molar-refractivity contribution in [3.63, 3.8) is 0 Å². The summed E-state index contributed by atoms with van der Waals surface area (Å²) in [5.74, 6) is 0.377. The van der Waals surface area contributed by atoms with Gasteiger partial charge in [0.15, 0.2) is 5.78 Å². The molecule has 0 spiro atoms. The zero-order valence-electron chi connectivity index (χ0n) is 18.1. The van der Waals surface area contributed by atoms with Gasteiger partial charge in [-0.3, -0.25) is 4.79 Å². The van der Waals surface area contributed by atoms with Crippen LogP contribution in [0, 0.1) is 19.3 Å². The van der Waals surface area contributed by atoms with Crippen molar-refractivity contribution in [3.05, 3.63) is 63.9 Å². The van der Waals surface area contributed by atoms with E-state index in [1.165, 1.54) is 0 Å². The average molecular weight is 427 g/mol. The van der Waals surface area contributed by atoms with Gasteiger partial charge in [-0.05, 0) is 67.1 Å². The van der Waals surface area contributed by atoms with E-state index in [2.05, 4.69) is 12.1 Å². The van der Waals surface area contributed by atoms with E-state index in [9.17, 15) is 9.59 Å². The van der Waals surface area contributed by atoms with Crippen molar-refractivity contribution in [1.82, 2.24) is 0 Å². The smallest absolute Gasteiger partial charge is 0.434 e. The fourth-order valence-electron chi connectivity index (χ4n) is 3.97. The van der Waals surface area contributed by atoms with Gasteiger partial charge in [-0.2, -0.15) is 0 Å². The summed E-state index contributed by atoms with van der Waals surface area (Å²) in [7, 11) is 0. The van der Waals surface area contributed by atoms with Gasteiger partial charge in [-0.1, -0.05) is 49.7 Å². The lowest BCUT2D eigenvalue weighted by Gasteiger charge is -2.33. The summed E-state index contributed by atoms with van der Waals surface area (Å²) >= 11 is 6.02. The molecular weight excluding hydrogens is 400 g/mol. The molecule has 2 aromatic carbocycles. The molecule has 158 valence electrons. The van der Waals surface area contributed by atoms with Crippen LogP contribution >= 0.6 is 11.6 Å². The number of carbonyl (C=O) groups is 2. The minimum Gasteiger partial charge on any atom is -0.434 e. The van der Waals surface area contributed by atoms with E-state index in [1.807, 2.05) is 52.0 Å². The fourth-order valence-corrected chi connectivity index (χ4v) is 4.10. The Morgan fingerprint density at radius 2 is 1.67 bits per heavy atom. The van der Waals surface area contributed by atoms with Gasteiger partial charge in [-0.15, -0.1) is 0 Å². The SMILES string of the molecule is CCOC(=O)OC1=C(c2c(C)cc(-c3ccc(Cl)cc3)cc2C)C(=O)CCC1(C)C. The van der Waals surface area contributed by atoms with Crippen molar-refractivity contribution in [2.75, 3.05) is 6.61 Å². The molecule has 1 aliphatic rings. The minimum absolute atomic E-state index is 0.0148. The second-order valence-electron chi connectivity index (χ2n) is 8.29. The number of carbonyl (C=O) groups excluding carboxylic acids is 2. The Morgan fingerprint density at radius 3 is 2.23 bits per heavy atom. The molecule has 0 bridgehead atoms. The summed E-state index contributed by atoms with van der Waals surface area (Å²) in [4.78, 5) is 25.1. The fraction of sp³-hybridized carbons (Fsp3) is 0.360. The summed E-state index contributed by atoms with van der Waals surface area (Å²) in [6.45, 7) is 9.86. The number of benzene rings is 2. The Labute approximate surface area is 182 Å². The zero-order chi connectivity index (χ0) is 22.1. The number of hydrogen-bond acceptors (Lipinski definition) is 4.